The molecule has 0 aliphatic heterocycles. The molecular formula is C30H21ClF3N3O2. The Bertz CT molecular complexity index is 1630. The Morgan fingerprint density at radius 1 is 0.846 bits per heavy atom. The monoisotopic (exact) mass is 547 g/mol. The van der Waals surface area contributed by atoms with Gasteiger partial charge in [-0.25, -0.2) is 4.68 Å². The van der Waals surface area contributed by atoms with E-state index in [0.717, 1.165) is 21.9 Å². The summed E-state index contributed by atoms with van der Waals surface area (Å²) in [5.41, 5.74) is 2.54. The Kier molecular flexibility index (Phi) is 7.13. The molecule has 1 aromatic heterocycles. The van der Waals surface area contributed by atoms with Gasteiger partial charge in [0.05, 0.1) is 29.2 Å². The number of alkyl halides is 3. The lowest BCUT2D eigenvalue weighted by Crippen LogP contribution is -2.12. The van der Waals surface area contributed by atoms with Crippen molar-refractivity contribution in [2.75, 3.05) is 12.4 Å². The topological polar surface area (TPSA) is 56.1 Å². The number of nitrogens with zero attached hydrogens (tertiary/aromatic N) is 2. The van der Waals surface area contributed by atoms with Crippen molar-refractivity contribution in [3.05, 3.63) is 119 Å². The number of halogens is 4. The summed E-state index contributed by atoms with van der Waals surface area (Å²) < 4.78 is 47.1. The minimum Gasteiger partial charge on any atom is -0.495 e. The number of amides is 1. The second-order valence-electron chi connectivity index (χ2n) is 8.59. The summed E-state index contributed by atoms with van der Waals surface area (Å²) in [6.45, 7) is 0. The molecule has 0 bridgehead atoms. The first-order valence-electron chi connectivity index (χ1n) is 11.8. The normalized spacial score (nSPS) is 11.3. The number of ether oxygens (including phenoxy) is 1. The first kappa shape index (κ1) is 26.1. The van der Waals surface area contributed by atoms with Crippen molar-refractivity contribution in [2.45, 2.75) is 6.18 Å². The molecule has 0 atom stereocenters. The van der Waals surface area contributed by atoms with Gasteiger partial charge in [-0.15, -0.1) is 0 Å². The molecule has 1 amide bonds. The Morgan fingerprint density at radius 2 is 1.51 bits per heavy atom. The zero-order chi connectivity index (χ0) is 27.6. The molecular weight excluding hydrogens is 527 g/mol. The van der Waals surface area contributed by atoms with E-state index in [-0.39, 0.29) is 10.7 Å². The zero-order valence-corrected chi connectivity index (χ0v) is 21.3. The fraction of sp³-hybridized carbons (Fsp3) is 0.0667. The van der Waals surface area contributed by atoms with Gasteiger partial charge in [-0.05, 0) is 53.6 Å². The minimum atomic E-state index is -4.64. The van der Waals surface area contributed by atoms with E-state index in [9.17, 15) is 18.0 Å². The maximum absolute atomic E-state index is 13.5. The molecule has 0 aliphatic rings. The third kappa shape index (κ3) is 5.51. The van der Waals surface area contributed by atoms with Gasteiger partial charge in [0.15, 0.2) is 5.69 Å². The van der Waals surface area contributed by atoms with Crippen LogP contribution in [-0.2, 0) is 6.18 Å². The van der Waals surface area contributed by atoms with Crippen LogP contribution in [0.15, 0.2) is 103 Å². The van der Waals surface area contributed by atoms with E-state index in [0.29, 0.717) is 28.3 Å². The number of benzene rings is 4. The molecule has 39 heavy (non-hydrogen) atoms. The fourth-order valence-corrected chi connectivity index (χ4v) is 4.35. The summed E-state index contributed by atoms with van der Waals surface area (Å²) in [5.74, 6) is 0.0867. The highest BCUT2D eigenvalue weighted by Gasteiger charge is 2.35. The molecule has 4 aromatic carbocycles. The van der Waals surface area contributed by atoms with Crippen molar-refractivity contribution in [1.29, 1.82) is 0 Å². The van der Waals surface area contributed by atoms with Gasteiger partial charge in [0, 0.05) is 11.1 Å². The lowest BCUT2D eigenvalue weighted by Gasteiger charge is -2.13. The van der Waals surface area contributed by atoms with Crippen LogP contribution in [-0.4, -0.2) is 22.8 Å². The highest BCUT2D eigenvalue weighted by molar-refractivity contribution is 6.32. The standard InChI is InChI=1S/C30H21ClF3N3O2/c1-39-27-16-15-22(19-7-3-2-4-8-19)17-24(27)35-29(38)21-13-11-20(12-14-21)26-18-28(30(32,33)34)36-37(26)25-10-6-5-9-23(25)31/h2-18H,1H3,(H,35,38). The average molecular weight is 548 g/mol. The van der Waals surface area contributed by atoms with E-state index in [1.165, 1.54) is 19.2 Å². The average Bonchev–Trinajstić information content (AvgIpc) is 3.40. The molecule has 0 radical (unpaired) electrons. The first-order valence-corrected chi connectivity index (χ1v) is 12.2. The lowest BCUT2D eigenvalue weighted by atomic mass is 10.0. The van der Waals surface area contributed by atoms with Crippen LogP contribution in [0.4, 0.5) is 18.9 Å². The van der Waals surface area contributed by atoms with Gasteiger partial charge in [-0.3, -0.25) is 4.79 Å². The Morgan fingerprint density at radius 3 is 2.18 bits per heavy atom. The van der Waals surface area contributed by atoms with Crippen molar-refractivity contribution in [2.24, 2.45) is 0 Å². The molecule has 0 unspecified atom stereocenters. The Labute approximate surface area is 227 Å². The van der Waals surface area contributed by atoms with Gasteiger partial charge in [0.2, 0.25) is 0 Å². The van der Waals surface area contributed by atoms with Gasteiger partial charge in [0.25, 0.3) is 5.91 Å². The van der Waals surface area contributed by atoms with Gasteiger partial charge >= 0.3 is 6.18 Å². The van der Waals surface area contributed by atoms with Crippen LogP contribution in [0.2, 0.25) is 5.02 Å². The van der Waals surface area contributed by atoms with Crippen LogP contribution < -0.4 is 10.1 Å². The summed E-state index contributed by atoms with van der Waals surface area (Å²) in [6, 6.07) is 28.8. The van der Waals surface area contributed by atoms with Crippen LogP contribution >= 0.6 is 11.6 Å². The molecule has 1 N–H and O–H groups in total. The largest absolute Gasteiger partial charge is 0.495 e. The van der Waals surface area contributed by atoms with Gasteiger partial charge < -0.3 is 10.1 Å². The summed E-state index contributed by atoms with van der Waals surface area (Å²) in [7, 11) is 1.51. The SMILES string of the molecule is COc1ccc(-c2ccccc2)cc1NC(=O)c1ccc(-c2cc(C(F)(F)F)nn2-c2ccccc2Cl)cc1. The molecule has 0 fully saturated rings. The van der Waals surface area contributed by atoms with Crippen molar-refractivity contribution < 1.29 is 22.7 Å². The van der Waals surface area contributed by atoms with E-state index in [1.807, 2.05) is 42.5 Å². The summed E-state index contributed by atoms with van der Waals surface area (Å²) in [5, 5.41) is 6.89. The number of para-hydroxylation sites is 1. The maximum atomic E-state index is 13.5. The second kappa shape index (κ2) is 10.7. The molecule has 0 spiro atoms. The number of hydrogen-bond acceptors (Lipinski definition) is 3. The quantitative estimate of drug-likeness (QED) is 0.233. The zero-order valence-electron chi connectivity index (χ0n) is 20.5. The number of methoxy groups -OCH3 is 1. The van der Waals surface area contributed by atoms with Crippen molar-refractivity contribution in [3.8, 4) is 33.8 Å². The third-order valence-electron chi connectivity index (χ3n) is 6.08. The van der Waals surface area contributed by atoms with Crippen LogP contribution in [0.25, 0.3) is 28.1 Å². The predicted octanol–water partition coefficient (Wildman–Crippen LogP) is 8.14. The van der Waals surface area contributed by atoms with Crippen molar-refractivity contribution in [3.63, 3.8) is 0 Å². The summed E-state index contributed by atoms with van der Waals surface area (Å²) in [4.78, 5) is 13.1. The Balaban J connectivity index is 1.45. The molecule has 5 aromatic rings. The number of aromatic nitrogens is 2. The molecule has 196 valence electrons. The molecule has 1 heterocycles. The highest BCUT2D eigenvalue weighted by Crippen LogP contribution is 2.35. The second-order valence-corrected chi connectivity index (χ2v) is 9.00. The van der Waals surface area contributed by atoms with E-state index in [4.69, 9.17) is 16.3 Å². The van der Waals surface area contributed by atoms with Gasteiger partial charge in [-0.1, -0.05) is 72.3 Å². The number of rotatable bonds is 6. The lowest BCUT2D eigenvalue weighted by molar-refractivity contribution is -0.141. The number of carbonyl (C=O) groups excluding carboxylic acids is 1. The summed E-state index contributed by atoms with van der Waals surface area (Å²) >= 11 is 6.26. The molecule has 0 saturated carbocycles. The Hall–Kier alpha value is -4.56. The van der Waals surface area contributed by atoms with Crippen molar-refractivity contribution >= 4 is 23.2 Å². The van der Waals surface area contributed by atoms with Crippen LogP contribution in [0.5, 0.6) is 5.75 Å². The molecule has 9 heteroatoms. The van der Waals surface area contributed by atoms with Crippen molar-refractivity contribution in [1.82, 2.24) is 9.78 Å². The van der Waals surface area contributed by atoms with Crippen LogP contribution in [0.3, 0.4) is 0 Å². The summed E-state index contributed by atoms with van der Waals surface area (Å²) in [6.07, 6.45) is -4.64. The first-order chi connectivity index (χ1) is 18.7. The van der Waals surface area contributed by atoms with E-state index in [1.54, 1.807) is 42.5 Å². The predicted molar refractivity (Wildman–Crippen MR) is 145 cm³/mol. The maximum Gasteiger partial charge on any atom is 0.435 e. The van der Waals surface area contributed by atoms with Gasteiger partial charge in [-0.2, -0.15) is 18.3 Å². The van der Waals surface area contributed by atoms with E-state index < -0.39 is 17.8 Å². The van der Waals surface area contributed by atoms with Crippen LogP contribution in [0.1, 0.15) is 16.1 Å². The fourth-order valence-electron chi connectivity index (χ4n) is 4.14. The molecule has 5 nitrogen and oxygen atoms in total. The minimum absolute atomic E-state index is 0.180. The smallest absolute Gasteiger partial charge is 0.435 e. The van der Waals surface area contributed by atoms with E-state index in [2.05, 4.69) is 10.4 Å². The number of hydrogen-bond donors (Lipinski definition) is 1. The highest BCUT2D eigenvalue weighted by atomic mass is 35.5. The molecule has 0 saturated heterocycles. The third-order valence-corrected chi connectivity index (χ3v) is 6.40. The molecule has 0 aliphatic carbocycles. The van der Waals surface area contributed by atoms with Gasteiger partial charge in [0.1, 0.15) is 5.75 Å². The number of anilines is 1. The van der Waals surface area contributed by atoms with E-state index >= 15 is 0 Å². The molecule has 5 rings (SSSR count). The van der Waals surface area contributed by atoms with Crippen LogP contribution in [0, 0.1) is 0 Å². The number of carbonyl (C=O) groups is 1. The number of nitrogens with one attached hydrogen (secondary N) is 1.